The molecule has 0 spiro atoms. The first-order chi connectivity index (χ1) is 9.55. The number of nitrogens with two attached hydrogens (primary N) is 1. The van der Waals surface area contributed by atoms with Crippen LogP contribution in [0.3, 0.4) is 0 Å². The molecule has 0 amide bonds. The largest absolute Gasteiger partial charge is 0.459 e. The molecular weight excluding hydrogens is 274 g/mol. The third kappa shape index (κ3) is 3.53. The Bertz CT molecular complexity index is 467. The van der Waals surface area contributed by atoms with Gasteiger partial charge in [-0.15, -0.1) is 0 Å². The van der Waals surface area contributed by atoms with Crippen LogP contribution >= 0.6 is 11.6 Å². The highest BCUT2D eigenvalue weighted by molar-refractivity contribution is 6.31. The van der Waals surface area contributed by atoms with Gasteiger partial charge in [-0.2, -0.15) is 0 Å². The van der Waals surface area contributed by atoms with Crippen LogP contribution in [0.15, 0.2) is 24.3 Å². The highest BCUT2D eigenvalue weighted by atomic mass is 35.5. The normalized spacial score (nSPS) is 26.2. The Morgan fingerprint density at radius 3 is 2.65 bits per heavy atom. The van der Waals surface area contributed by atoms with Gasteiger partial charge in [0.25, 0.3) is 0 Å². The standard InChI is InChI=1S/C16H22ClNO2/c1-2-12-7-9-16(18,10-8-12)15(19)20-11-13-5-3-4-6-14(13)17/h3-6,12H,2,7-11,18H2,1H3. The van der Waals surface area contributed by atoms with Gasteiger partial charge in [-0.25, -0.2) is 0 Å². The van der Waals surface area contributed by atoms with E-state index in [4.69, 9.17) is 22.1 Å². The van der Waals surface area contributed by atoms with Gasteiger partial charge in [-0.1, -0.05) is 43.1 Å². The topological polar surface area (TPSA) is 52.3 Å². The summed E-state index contributed by atoms with van der Waals surface area (Å²) in [4.78, 5) is 12.2. The molecule has 0 bridgehead atoms. The second-order valence-electron chi connectivity index (χ2n) is 5.68. The van der Waals surface area contributed by atoms with Crippen LogP contribution < -0.4 is 5.73 Å². The number of halogens is 1. The molecule has 1 aliphatic rings. The fourth-order valence-electron chi connectivity index (χ4n) is 2.71. The summed E-state index contributed by atoms with van der Waals surface area (Å²) in [5.74, 6) is 0.398. The van der Waals surface area contributed by atoms with Crippen molar-refractivity contribution in [3.8, 4) is 0 Å². The van der Waals surface area contributed by atoms with Gasteiger partial charge < -0.3 is 10.5 Å². The smallest absolute Gasteiger partial charge is 0.326 e. The van der Waals surface area contributed by atoms with Crippen molar-refractivity contribution >= 4 is 17.6 Å². The Balaban J connectivity index is 1.90. The molecule has 1 saturated carbocycles. The van der Waals surface area contributed by atoms with Gasteiger partial charge in [0.05, 0.1) is 0 Å². The second kappa shape index (κ2) is 6.59. The van der Waals surface area contributed by atoms with E-state index >= 15 is 0 Å². The van der Waals surface area contributed by atoms with E-state index in [2.05, 4.69) is 6.92 Å². The summed E-state index contributed by atoms with van der Waals surface area (Å²) in [6.45, 7) is 2.37. The molecule has 0 heterocycles. The van der Waals surface area contributed by atoms with E-state index in [1.165, 1.54) is 0 Å². The van der Waals surface area contributed by atoms with Gasteiger partial charge in [0.2, 0.25) is 0 Å². The molecule has 0 aliphatic heterocycles. The van der Waals surface area contributed by atoms with Crippen molar-refractivity contribution in [2.45, 2.75) is 51.2 Å². The monoisotopic (exact) mass is 295 g/mol. The first-order valence-corrected chi connectivity index (χ1v) is 7.62. The zero-order chi connectivity index (χ0) is 14.6. The van der Waals surface area contributed by atoms with Gasteiger partial charge in [-0.3, -0.25) is 4.79 Å². The van der Waals surface area contributed by atoms with Crippen LogP contribution in [-0.2, 0) is 16.1 Å². The van der Waals surface area contributed by atoms with Crippen LogP contribution in [0, 0.1) is 5.92 Å². The Morgan fingerprint density at radius 1 is 1.40 bits per heavy atom. The van der Waals surface area contributed by atoms with Crippen LogP contribution in [0.1, 0.15) is 44.6 Å². The lowest BCUT2D eigenvalue weighted by atomic mass is 9.76. The van der Waals surface area contributed by atoms with E-state index in [0.29, 0.717) is 23.8 Å². The van der Waals surface area contributed by atoms with Gasteiger partial charge >= 0.3 is 5.97 Å². The van der Waals surface area contributed by atoms with E-state index in [9.17, 15) is 4.79 Å². The summed E-state index contributed by atoms with van der Waals surface area (Å²) in [6, 6.07) is 7.37. The predicted molar refractivity (Wildman–Crippen MR) is 80.4 cm³/mol. The summed E-state index contributed by atoms with van der Waals surface area (Å²) in [7, 11) is 0. The highest BCUT2D eigenvalue weighted by Gasteiger charge is 2.39. The van der Waals surface area contributed by atoms with Crippen molar-refractivity contribution in [2.75, 3.05) is 0 Å². The fraction of sp³-hybridized carbons (Fsp3) is 0.562. The van der Waals surface area contributed by atoms with E-state index in [1.807, 2.05) is 18.2 Å². The number of benzene rings is 1. The van der Waals surface area contributed by atoms with Gasteiger partial charge in [0.1, 0.15) is 12.1 Å². The molecule has 2 N–H and O–H groups in total. The van der Waals surface area contributed by atoms with Gasteiger partial charge in [0.15, 0.2) is 0 Å². The molecule has 4 heteroatoms. The number of carbonyl (C=O) groups is 1. The molecule has 0 radical (unpaired) electrons. The molecule has 0 aromatic heterocycles. The van der Waals surface area contributed by atoms with Crippen molar-refractivity contribution in [3.05, 3.63) is 34.9 Å². The SMILES string of the molecule is CCC1CCC(N)(C(=O)OCc2ccccc2Cl)CC1. The Morgan fingerprint density at radius 2 is 2.05 bits per heavy atom. The average molecular weight is 296 g/mol. The maximum atomic E-state index is 12.2. The lowest BCUT2D eigenvalue weighted by Crippen LogP contribution is -2.51. The summed E-state index contributed by atoms with van der Waals surface area (Å²) in [5, 5.41) is 0.612. The maximum absolute atomic E-state index is 12.2. The quantitative estimate of drug-likeness (QED) is 0.862. The molecule has 0 unspecified atom stereocenters. The van der Waals surface area contributed by atoms with Gasteiger partial charge in [0, 0.05) is 10.6 Å². The van der Waals surface area contributed by atoms with Crippen molar-refractivity contribution in [1.82, 2.24) is 0 Å². The van der Waals surface area contributed by atoms with E-state index in [1.54, 1.807) is 6.07 Å². The molecule has 110 valence electrons. The highest BCUT2D eigenvalue weighted by Crippen LogP contribution is 2.33. The number of ether oxygens (including phenoxy) is 1. The number of hydrogen-bond acceptors (Lipinski definition) is 3. The zero-order valence-electron chi connectivity index (χ0n) is 11.9. The molecule has 0 atom stereocenters. The molecule has 1 aliphatic carbocycles. The van der Waals surface area contributed by atoms with Gasteiger partial charge in [-0.05, 0) is 37.7 Å². The molecule has 20 heavy (non-hydrogen) atoms. The molecule has 1 aromatic carbocycles. The van der Waals surface area contributed by atoms with Crippen LogP contribution in [0.4, 0.5) is 0 Å². The Labute approximate surface area is 125 Å². The van der Waals surface area contributed by atoms with E-state index in [-0.39, 0.29) is 12.6 Å². The summed E-state index contributed by atoms with van der Waals surface area (Å²) >= 11 is 6.04. The minimum Gasteiger partial charge on any atom is -0.459 e. The van der Waals surface area contributed by atoms with Crippen molar-refractivity contribution < 1.29 is 9.53 Å². The van der Waals surface area contributed by atoms with Crippen molar-refractivity contribution in [1.29, 1.82) is 0 Å². The first kappa shape index (κ1) is 15.3. The van der Waals surface area contributed by atoms with E-state index in [0.717, 1.165) is 24.8 Å². The molecular formula is C16H22ClNO2. The predicted octanol–water partition coefficient (Wildman–Crippen LogP) is 3.68. The number of esters is 1. The van der Waals surface area contributed by atoms with Crippen LogP contribution in [0.25, 0.3) is 0 Å². The fourth-order valence-corrected chi connectivity index (χ4v) is 2.90. The molecule has 3 nitrogen and oxygen atoms in total. The average Bonchev–Trinajstić information content (AvgIpc) is 2.47. The molecule has 1 aromatic rings. The maximum Gasteiger partial charge on any atom is 0.326 e. The van der Waals surface area contributed by atoms with Crippen molar-refractivity contribution in [3.63, 3.8) is 0 Å². The zero-order valence-corrected chi connectivity index (χ0v) is 12.7. The molecule has 1 fully saturated rings. The Kier molecular flexibility index (Phi) is 5.06. The lowest BCUT2D eigenvalue weighted by molar-refractivity contribution is -0.153. The minimum absolute atomic E-state index is 0.189. The van der Waals surface area contributed by atoms with Crippen LogP contribution in [0.2, 0.25) is 5.02 Å². The number of hydrogen-bond donors (Lipinski definition) is 1. The second-order valence-corrected chi connectivity index (χ2v) is 6.08. The third-order valence-electron chi connectivity index (χ3n) is 4.30. The number of carbonyl (C=O) groups excluding carboxylic acids is 1. The first-order valence-electron chi connectivity index (χ1n) is 7.24. The Hall–Kier alpha value is -1.06. The summed E-state index contributed by atoms with van der Waals surface area (Å²) in [6.07, 6.45) is 4.60. The van der Waals surface area contributed by atoms with E-state index < -0.39 is 5.54 Å². The minimum atomic E-state index is -0.813. The summed E-state index contributed by atoms with van der Waals surface area (Å²) < 4.78 is 5.37. The third-order valence-corrected chi connectivity index (χ3v) is 4.67. The number of rotatable bonds is 4. The van der Waals surface area contributed by atoms with Crippen LogP contribution in [-0.4, -0.2) is 11.5 Å². The van der Waals surface area contributed by atoms with Crippen LogP contribution in [0.5, 0.6) is 0 Å². The van der Waals surface area contributed by atoms with Crippen molar-refractivity contribution in [2.24, 2.45) is 11.7 Å². The molecule has 2 rings (SSSR count). The lowest BCUT2D eigenvalue weighted by Gasteiger charge is -2.34. The summed E-state index contributed by atoms with van der Waals surface area (Å²) in [5.41, 5.74) is 6.21. The molecule has 0 saturated heterocycles.